The first-order valence-electron chi connectivity index (χ1n) is 10.9. The molecule has 4 aromatic heterocycles. The SMILES string of the molecule is Cc1cccn2c(=O)c3cc(C(=O)N4CCN(C)CC4)c(=N)n(Cc4cccnc4)c3nc12. The van der Waals surface area contributed by atoms with Gasteiger partial charge in [0.1, 0.15) is 16.8 Å². The van der Waals surface area contributed by atoms with Crippen LogP contribution in [0.2, 0.25) is 0 Å². The van der Waals surface area contributed by atoms with Crippen LogP contribution in [-0.4, -0.2) is 67.9 Å². The van der Waals surface area contributed by atoms with Crippen LogP contribution in [-0.2, 0) is 6.54 Å². The molecule has 0 bridgehead atoms. The highest BCUT2D eigenvalue weighted by molar-refractivity contribution is 5.97. The summed E-state index contributed by atoms with van der Waals surface area (Å²) in [5, 5.41) is 9.25. The molecule has 0 spiro atoms. The molecule has 4 aromatic rings. The molecule has 33 heavy (non-hydrogen) atoms. The molecule has 1 aliphatic heterocycles. The largest absolute Gasteiger partial charge is 0.336 e. The maximum Gasteiger partial charge on any atom is 0.267 e. The molecular weight excluding hydrogens is 418 g/mol. The zero-order chi connectivity index (χ0) is 23.1. The Balaban J connectivity index is 1.76. The summed E-state index contributed by atoms with van der Waals surface area (Å²) < 4.78 is 3.14. The van der Waals surface area contributed by atoms with Gasteiger partial charge in [0, 0.05) is 44.8 Å². The Morgan fingerprint density at radius 1 is 1.12 bits per heavy atom. The van der Waals surface area contributed by atoms with E-state index in [4.69, 9.17) is 10.4 Å². The summed E-state index contributed by atoms with van der Waals surface area (Å²) in [5.41, 5.74) is 2.63. The fraction of sp³-hybridized carbons (Fsp3) is 0.292. The van der Waals surface area contributed by atoms with Crippen molar-refractivity contribution in [3.8, 4) is 0 Å². The Hall–Kier alpha value is -3.85. The first-order chi connectivity index (χ1) is 15.9. The fourth-order valence-corrected chi connectivity index (χ4v) is 4.27. The lowest BCUT2D eigenvalue weighted by atomic mass is 10.1. The summed E-state index contributed by atoms with van der Waals surface area (Å²) in [6.07, 6.45) is 5.08. The Morgan fingerprint density at radius 2 is 1.91 bits per heavy atom. The molecule has 0 radical (unpaired) electrons. The van der Waals surface area contributed by atoms with Crippen LogP contribution in [0.25, 0.3) is 16.7 Å². The highest BCUT2D eigenvalue weighted by atomic mass is 16.2. The zero-order valence-corrected chi connectivity index (χ0v) is 18.7. The number of hydrogen-bond acceptors (Lipinski definition) is 6. The Kier molecular flexibility index (Phi) is 5.26. The number of aryl methyl sites for hydroxylation is 1. The molecule has 1 N–H and O–H groups in total. The summed E-state index contributed by atoms with van der Waals surface area (Å²) >= 11 is 0. The molecule has 0 saturated carbocycles. The lowest BCUT2D eigenvalue weighted by Gasteiger charge is -2.32. The van der Waals surface area contributed by atoms with Gasteiger partial charge in [-0.1, -0.05) is 12.1 Å². The predicted molar refractivity (Wildman–Crippen MR) is 124 cm³/mol. The number of fused-ring (bicyclic) bond motifs is 2. The van der Waals surface area contributed by atoms with Crippen molar-refractivity contribution in [1.29, 1.82) is 5.41 Å². The first kappa shape index (κ1) is 21.0. The second-order valence-corrected chi connectivity index (χ2v) is 8.49. The molecule has 9 heteroatoms. The Bertz CT molecular complexity index is 1480. The standard InChI is InChI=1S/C24H25N7O2/c1-16-5-4-8-30-21(16)27-22-19(24(30)33)13-18(23(32)29-11-9-28(2)10-12-29)20(25)31(22)15-17-6-3-7-26-14-17/h3-8,13-14,25H,9-12,15H2,1-2H3. The molecular formula is C24H25N7O2. The van der Waals surface area contributed by atoms with E-state index >= 15 is 0 Å². The summed E-state index contributed by atoms with van der Waals surface area (Å²) in [7, 11) is 2.02. The summed E-state index contributed by atoms with van der Waals surface area (Å²) in [6, 6.07) is 8.96. The van der Waals surface area contributed by atoms with Crippen molar-refractivity contribution in [2.75, 3.05) is 33.2 Å². The number of piperazine rings is 1. The molecule has 1 saturated heterocycles. The van der Waals surface area contributed by atoms with Crippen molar-refractivity contribution in [2.45, 2.75) is 13.5 Å². The molecule has 5 rings (SSSR count). The molecule has 1 fully saturated rings. The van der Waals surface area contributed by atoms with Gasteiger partial charge in [-0.05, 0) is 43.3 Å². The van der Waals surface area contributed by atoms with Crippen molar-refractivity contribution in [2.24, 2.45) is 0 Å². The third kappa shape index (κ3) is 3.70. The van der Waals surface area contributed by atoms with Gasteiger partial charge < -0.3 is 14.4 Å². The molecule has 0 aromatic carbocycles. The second kappa shape index (κ2) is 8.25. The van der Waals surface area contributed by atoms with Gasteiger partial charge in [-0.2, -0.15) is 0 Å². The first-order valence-corrected chi connectivity index (χ1v) is 10.9. The van der Waals surface area contributed by atoms with Crippen LogP contribution in [0.4, 0.5) is 0 Å². The average molecular weight is 444 g/mol. The monoisotopic (exact) mass is 443 g/mol. The van der Waals surface area contributed by atoms with Crippen molar-refractivity contribution < 1.29 is 4.79 Å². The molecule has 5 heterocycles. The molecule has 0 aliphatic carbocycles. The minimum Gasteiger partial charge on any atom is -0.336 e. The second-order valence-electron chi connectivity index (χ2n) is 8.49. The zero-order valence-electron chi connectivity index (χ0n) is 18.7. The normalized spacial score (nSPS) is 14.8. The number of pyridine rings is 3. The number of carbonyl (C=O) groups is 1. The Morgan fingerprint density at radius 3 is 2.64 bits per heavy atom. The van der Waals surface area contributed by atoms with E-state index in [9.17, 15) is 9.59 Å². The molecule has 168 valence electrons. The van der Waals surface area contributed by atoms with E-state index in [1.807, 2.05) is 32.2 Å². The Labute approximate surface area is 190 Å². The van der Waals surface area contributed by atoms with Crippen molar-refractivity contribution >= 4 is 22.6 Å². The quantitative estimate of drug-likeness (QED) is 0.481. The predicted octanol–water partition coefficient (Wildman–Crippen LogP) is 1.27. The van der Waals surface area contributed by atoms with Gasteiger partial charge in [0.2, 0.25) is 0 Å². The minimum atomic E-state index is -0.258. The topological polar surface area (TPSA) is 99.6 Å². The lowest BCUT2D eigenvalue weighted by molar-refractivity contribution is 0.0661. The van der Waals surface area contributed by atoms with Crippen LogP contribution in [0, 0.1) is 12.3 Å². The summed E-state index contributed by atoms with van der Waals surface area (Å²) in [4.78, 5) is 39.8. The van der Waals surface area contributed by atoms with Crippen LogP contribution in [0.15, 0.2) is 53.7 Å². The van der Waals surface area contributed by atoms with E-state index in [1.54, 1.807) is 40.2 Å². The van der Waals surface area contributed by atoms with E-state index in [2.05, 4.69) is 9.88 Å². The molecule has 0 unspecified atom stereocenters. The van der Waals surface area contributed by atoms with E-state index in [-0.39, 0.29) is 29.1 Å². The van der Waals surface area contributed by atoms with E-state index < -0.39 is 0 Å². The van der Waals surface area contributed by atoms with E-state index in [0.29, 0.717) is 29.8 Å². The average Bonchev–Trinajstić information content (AvgIpc) is 2.82. The summed E-state index contributed by atoms with van der Waals surface area (Å²) in [6.45, 7) is 4.90. The fourth-order valence-electron chi connectivity index (χ4n) is 4.27. The van der Waals surface area contributed by atoms with Gasteiger partial charge in [0.25, 0.3) is 11.5 Å². The van der Waals surface area contributed by atoms with Crippen LogP contribution >= 0.6 is 0 Å². The van der Waals surface area contributed by atoms with Gasteiger partial charge in [0.15, 0.2) is 0 Å². The third-order valence-electron chi connectivity index (χ3n) is 6.22. The molecule has 1 aliphatic rings. The number of likely N-dealkylation sites (N-methyl/N-ethyl adjacent to an activating group) is 1. The van der Waals surface area contributed by atoms with Crippen LogP contribution in [0.5, 0.6) is 0 Å². The van der Waals surface area contributed by atoms with E-state index in [1.165, 1.54) is 4.40 Å². The number of aromatic nitrogens is 4. The number of nitrogens with one attached hydrogen (secondary N) is 1. The number of amides is 1. The summed E-state index contributed by atoms with van der Waals surface area (Å²) in [5.74, 6) is -0.233. The molecule has 0 atom stereocenters. The van der Waals surface area contributed by atoms with Crippen molar-refractivity contribution in [3.05, 3.63) is 81.5 Å². The maximum absolute atomic E-state index is 13.5. The highest BCUT2D eigenvalue weighted by Gasteiger charge is 2.24. The highest BCUT2D eigenvalue weighted by Crippen LogP contribution is 2.15. The number of rotatable bonds is 3. The smallest absolute Gasteiger partial charge is 0.267 e. The van der Waals surface area contributed by atoms with Crippen LogP contribution in [0.1, 0.15) is 21.5 Å². The van der Waals surface area contributed by atoms with Gasteiger partial charge in [-0.25, -0.2) is 4.98 Å². The van der Waals surface area contributed by atoms with Gasteiger partial charge in [0.05, 0.1) is 17.5 Å². The van der Waals surface area contributed by atoms with Crippen LogP contribution < -0.4 is 11.0 Å². The molecule has 1 amide bonds. The lowest BCUT2D eigenvalue weighted by Crippen LogP contribution is -2.48. The van der Waals surface area contributed by atoms with E-state index in [0.717, 1.165) is 24.2 Å². The van der Waals surface area contributed by atoms with Crippen molar-refractivity contribution in [3.63, 3.8) is 0 Å². The van der Waals surface area contributed by atoms with Gasteiger partial charge in [-0.15, -0.1) is 0 Å². The number of nitrogens with zero attached hydrogens (tertiary/aromatic N) is 6. The third-order valence-corrected chi connectivity index (χ3v) is 6.22. The van der Waals surface area contributed by atoms with Crippen LogP contribution in [0.3, 0.4) is 0 Å². The molecule has 9 nitrogen and oxygen atoms in total. The number of carbonyl (C=O) groups excluding carboxylic acids is 1. The van der Waals surface area contributed by atoms with Gasteiger partial charge >= 0.3 is 0 Å². The maximum atomic E-state index is 13.5. The number of hydrogen-bond donors (Lipinski definition) is 1. The minimum absolute atomic E-state index is 0.0418. The van der Waals surface area contributed by atoms with Gasteiger partial charge in [-0.3, -0.25) is 24.4 Å². The van der Waals surface area contributed by atoms with Crippen molar-refractivity contribution in [1.82, 2.24) is 28.7 Å².